The van der Waals surface area contributed by atoms with Gasteiger partial charge >= 0.3 is 6.09 Å². The largest absolute Gasteiger partial charge is 0.453 e. The molecule has 8 heteroatoms. The predicted octanol–water partition coefficient (Wildman–Crippen LogP) is 4.18. The Morgan fingerprint density at radius 1 is 1.30 bits per heavy atom. The maximum absolute atomic E-state index is 12.6. The molecule has 0 saturated carbocycles. The van der Waals surface area contributed by atoms with E-state index in [2.05, 4.69) is 66.8 Å². The van der Waals surface area contributed by atoms with E-state index in [9.17, 15) is 9.59 Å². The highest BCUT2D eigenvalue weighted by molar-refractivity contribution is 9.10. The van der Waals surface area contributed by atoms with Gasteiger partial charge in [-0.2, -0.15) is 0 Å². The molecule has 30 heavy (non-hydrogen) atoms. The summed E-state index contributed by atoms with van der Waals surface area (Å²) in [5.74, 6) is 0.490. The van der Waals surface area contributed by atoms with Gasteiger partial charge in [0.25, 0.3) is 0 Å². The number of imidazole rings is 1. The van der Waals surface area contributed by atoms with E-state index in [1.54, 1.807) is 11.1 Å². The molecule has 0 unspecified atom stereocenters. The van der Waals surface area contributed by atoms with Crippen LogP contribution in [0, 0.1) is 0 Å². The lowest BCUT2D eigenvalue weighted by Crippen LogP contribution is -2.40. The number of benzene rings is 2. The monoisotopic (exact) mass is 468 g/mol. The van der Waals surface area contributed by atoms with E-state index in [1.807, 2.05) is 12.1 Å². The fraction of sp³-hybridized carbons (Fsp3) is 0.227. The van der Waals surface area contributed by atoms with Gasteiger partial charge in [-0.25, -0.2) is 9.78 Å². The second-order valence-corrected chi connectivity index (χ2v) is 8.14. The summed E-state index contributed by atoms with van der Waals surface area (Å²) >= 11 is 3.50. The molecule has 0 bridgehead atoms. The average Bonchev–Trinajstić information content (AvgIpc) is 3.38. The van der Waals surface area contributed by atoms with Gasteiger partial charge in [0.05, 0.1) is 25.0 Å². The number of rotatable bonds is 4. The molecule has 154 valence electrons. The summed E-state index contributed by atoms with van der Waals surface area (Å²) in [4.78, 5) is 33.5. The number of halogens is 1. The topological polar surface area (TPSA) is 87.3 Å². The van der Waals surface area contributed by atoms with E-state index in [0.717, 1.165) is 32.1 Å². The number of H-pyrrole nitrogens is 1. The number of methoxy groups -OCH3 is 1. The lowest BCUT2D eigenvalue weighted by atomic mass is 10.1. The highest BCUT2D eigenvalue weighted by Gasteiger charge is 2.34. The lowest BCUT2D eigenvalue weighted by molar-refractivity contribution is -0.131. The number of hydrogen-bond donors (Lipinski definition) is 2. The van der Waals surface area contributed by atoms with Gasteiger partial charge in [-0.15, -0.1) is 0 Å². The molecule has 7 nitrogen and oxygen atoms in total. The quantitative estimate of drug-likeness (QED) is 0.562. The molecule has 0 radical (unpaired) electrons. The Labute approximate surface area is 182 Å². The molecule has 1 aliphatic rings. The molecule has 3 aromatic rings. The summed E-state index contributed by atoms with van der Waals surface area (Å²) in [7, 11) is 1.26. The zero-order valence-electron chi connectivity index (χ0n) is 16.4. The number of carbonyl (C=O) groups is 2. The van der Waals surface area contributed by atoms with Crippen molar-refractivity contribution in [3.63, 3.8) is 0 Å². The Balaban J connectivity index is 1.56. The van der Waals surface area contributed by atoms with Crippen LogP contribution in [0.3, 0.4) is 0 Å². The number of hydrogen-bond acceptors (Lipinski definition) is 4. The molecular formula is C22H21BrN4O3. The van der Waals surface area contributed by atoms with Crippen molar-refractivity contribution in [3.8, 4) is 11.3 Å². The van der Waals surface area contributed by atoms with Crippen molar-refractivity contribution in [3.05, 3.63) is 65.0 Å². The van der Waals surface area contributed by atoms with Crippen LogP contribution in [-0.2, 0) is 9.53 Å². The van der Waals surface area contributed by atoms with E-state index in [0.29, 0.717) is 18.8 Å². The predicted molar refractivity (Wildman–Crippen MR) is 118 cm³/mol. The number of ether oxygens (including phenoxy) is 1. The number of fused-ring (bicyclic) bond motifs is 1. The Kier molecular flexibility index (Phi) is 5.59. The summed E-state index contributed by atoms with van der Waals surface area (Å²) < 4.78 is 5.57. The van der Waals surface area contributed by atoms with Crippen LogP contribution in [-0.4, -0.2) is 47.1 Å². The number of amides is 2. The third-order valence-corrected chi connectivity index (χ3v) is 5.66. The highest BCUT2D eigenvalue weighted by Crippen LogP contribution is 2.34. The number of aromatic nitrogens is 2. The lowest BCUT2D eigenvalue weighted by Gasteiger charge is -2.22. The zero-order chi connectivity index (χ0) is 21.3. The first kappa shape index (κ1) is 20.2. The minimum absolute atomic E-state index is 0.135. The smallest absolute Gasteiger partial charge is 0.407 e. The van der Waals surface area contributed by atoms with Crippen molar-refractivity contribution in [2.75, 3.05) is 20.2 Å². The first-order chi connectivity index (χ1) is 14.4. The van der Waals surface area contributed by atoms with Gasteiger partial charge in [0.2, 0.25) is 5.91 Å². The first-order valence-corrected chi connectivity index (χ1v) is 10.3. The van der Waals surface area contributed by atoms with Crippen LogP contribution in [0.1, 0.15) is 18.3 Å². The Morgan fingerprint density at radius 3 is 2.87 bits per heavy atom. The molecule has 0 aliphatic carbocycles. The number of alkyl carbamates (subject to hydrolysis) is 1. The minimum Gasteiger partial charge on any atom is -0.453 e. The number of aromatic amines is 1. The van der Waals surface area contributed by atoms with Gasteiger partial charge < -0.3 is 19.9 Å². The van der Waals surface area contributed by atoms with Crippen LogP contribution in [0.2, 0.25) is 0 Å². The van der Waals surface area contributed by atoms with Crippen LogP contribution in [0.15, 0.2) is 59.2 Å². The molecule has 2 N–H and O–H groups in total. The maximum Gasteiger partial charge on any atom is 0.407 e. The molecule has 1 aromatic heterocycles. The Bertz CT molecular complexity index is 1140. The summed E-state index contributed by atoms with van der Waals surface area (Å²) in [6.45, 7) is 4.33. The number of nitrogens with zero attached hydrogens (tertiary/aromatic N) is 2. The van der Waals surface area contributed by atoms with Crippen molar-refractivity contribution in [2.45, 2.75) is 12.5 Å². The SMILES string of the molecule is C=C1C[C@@H](c2ncc(-c3ccc4cc(Br)ccc4c3)[nH]2)N(C(=O)CNC(=O)OC)C1. The third-order valence-electron chi connectivity index (χ3n) is 5.17. The van der Waals surface area contributed by atoms with Crippen molar-refractivity contribution < 1.29 is 14.3 Å². The van der Waals surface area contributed by atoms with Gasteiger partial charge in [0, 0.05) is 16.6 Å². The minimum atomic E-state index is -0.637. The molecule has 1 aliphatic heterocycles. The first-order valence-electron chi connectivity index (χ1n) is 9.47. The maximum atomic E-state index is 12.6. The van der Waals surface area contributed by atoms with E-state index in [4.69, 9.17) is 0 Å². The number of likely N-dealkylation sites (tertiary alicyclic amines) is 1. The van der Waals surface area contributed by atoms with Crippen molar-refractivity contribution in [1.82, 2.24) is 20.2 Å². The van der Waals surface area contributed by atoms with Crippen molar-refractivity contribution in [1.29, 1.82) is 0 Å². The molecule has 2 aromatic carbocycles. The zero-order valence-corrected chi connectivity index (χ0v) is 18.0. The van der Waals surface area contributed by atoms with Gasteiger partial charge in [0.15, 0.2) is 0 Å². The highest BCUT2D eigenvalue weighted by atomic mass is 79.9. The molecule has 2 heterocycles. The van der Waals surface area contributed by atoms with Gasteiger partial charge in [0.1, 0.15) is 12.4 Å². The Morgan fingerprint density at radius 2 is 2.07 bits per heavy atom. The van der Waals surface area contributed by atoms with Crippen LogP contribution in [0.4, 0.5) is 4.79 Å². The normalized spacial score (nSPS) is 16.1. The van der Waals surface area contributed by atoms with Crippen molar-refractivity contribution >= 4 is 38.7 Å². The summed E-state index contributed by atoms with van der Waals surface area (Å²) in [6.07, 6.45) is 1.77. The summed E-state index contributed by atoms with van der Waals surface area (Å²) in [6, 6.07) is 12.1. The Hall–Kier alpha value is -3.13. The summed E-state index contributed by atoms with van der Waals surface area (Å²) in [5.41, 5.74) is 2.85. The number of nitrogens with one attached hydrogen (secondary N) is 2. The average molecular weight is 469 g/mol. The fourth-order valence-corrected chi connectivity index (χ4v) is 4.04. The second-order valence-electron chi connectivity index (χ2n) is 7.23. The van der Waals surface area contributed by atoms with Crippen LogP contribution >= 0.6 is 15.9 Å². The molecule has 1 atom stereocenters. The molecule has 0 spiro atoms. The van der Waals surface area contributed by atoms with Crippen molar-refractivity contribution in [2.24, 2.45) is 0 Å². The molecule has 1 saturated heterocycles. The molecule has 1 fully saturated rings. The molecule has 2 amide bonds. The summed E-state index contributed by atoms with van der Waals surface area (Å²) in [5, 5.41) is 4.71. The van der Waals surface area contributed by atoms with E-state index in [-0.39, 0.29) is 18.5 Å². The van der Waals surface area contributed by atoms with Crippen LogP contribution in [0.25, 0.3) is 22.0 Å². The molecule has 4 rings (SSSR count). The molecular weight excluding hydrogens is 448 g/mol. The van der Waals surface area contributed by atoms with Gasteiger partial charge in [-0.3, -0.25) is 4.79 Å². The van der Waals surface area contributed by atoms with Gasteiger partial charge in [-0.1, -0.05) is 46.3 Å². The third kappa shape index (κ3) is 4.09. The van der Waals surface area contributed by atoms with E-state index >= 15 is 0 Å². The number of carbonyl (C=O) groups excluding carboxylic acids is 2. The standard InChI is InChI=1S/C22H21BrN4O3/c1-13-7-19(27(12-13)20(28)11-25-22(29)30-2)21-24-10-18(26-21)16-4-3-15-9-17(23)6-5-14(15)8-16/h3-6,8-10,19H,1,7,11-12H2,2H3,(H,24,26)(H,25,29)/t19-/m0/s1. The van der Waals surface area contributed by atoms with E-state index in [1.165, 1.54) is 7.11 Å². The van der Waals surface area contributed by atoms with Gasteiger partial charge in [-0.05, 0) is 35.4 Å². The van der Waals surface area contributed by atoms with Crippen LogP contribution in [0.5, 0.6) is 0 Å². The van der Waals surface area contributed by atoms with Crippen LogP contribution < -0.4 is 5.32 Å². The fourth-order valence-electron chi connectivity index (χ4n) is 3.66. The second kappa shape index (κ2) is 8.31. The van der Waals surface area contributed by atoms with E-state index < -0.39 is 6.09 Å².